The summed E-state index contributed by atoms with van der Waals surface area (Å²) in [4.78, 5) is 1.19. The molecule has 0 aliphatic rings. The van der Waals surface area contributed by atoms with Crippen LogP contribution in [0.4, 0.5) is 0 Å². The quantitative estimate of drug-likeness (QED) is 0.665. The summed E-state index contributed by atoms with van der Waals surface area (Å²) in [6.45, 7) is 6.49. The van der Waals surface area contributed by atoms with Gasteiger partial charge in [-0.2, -0.15) is 0 Å². The molecule has 0 aliphatic heterocycles. The highest BCUT2D eigenvalue weighted by Gasteiger charge is 2.20. The van der Waals surface area contributed by atoms with E-state index in [1.807, 2.05) is 6.33 Å². The van der Waals surface area contributed by atoms with Gasteiger partial charge in [0.2, 0.25) is 0 Å². The van der Waals surface area contributed by atoms with Crippen molar-refractivity contribution in [2.24, 2.45) is 0 Å². The molecule has 0 unspecified atom stereocenters. The zero-order chi connectivity index (χ0) is 12.0. The second-order valence-electron chi connectivity index (χ2n) is 4.96. The van der Waals surface area contributed by atoms with Crippen LogP contribution in [-0.2, 0) is 5.54 Å². The predicted molar refractivity (Wildman–Crippen MR) is 73.7 cm³/mol. The summed E-state index contributed by atoms with van der Waals surface area (Å²) >= 11 is 3.55. The average molecular weight is 263 g/mol. The first kappa shape index (κ1) is 10.9. The molecule has 17 heavy (non-hydrogen) atoms. The maximum Gasteiger partial charge on any atom is 0.174 e. The number of rotatable bonds is 1. The van der Waals surface area contributed by atoms with Gasteiger partial charge in [0, 0.05) is 14.9 Å². The van der Waals surface area contributed by atoms with Crippen LogP contribution in [0, 0.1) is 0 Å². The molecular weight excluding hydrogens is 250 g/mol. The molecule has 0 atom stereocenters. The first-order chi connectivity index (χ1) is 8.05. The Labute approximate surface area is 108 Å². The Morgan fingerprint density at radius 3 is 2.76 bits per heavy atom. The number of hydrogen-bond acceptors (Lipinski definition) is 4. The van der Waals surface area contributed by atoms with Gasteiger partial charge in [-0.1, -0.05) is 0 Å². The molecule has 0 fully saturated rings. The van der Waals surface area contributed by atoms with E-state index in [0.29, 0.717) is 0 Å². The van der Waals surface area contributed by atoms with Crippen LogP contribution in [0.15, 0.2) is 23.8 Å². The van der Waals surface area contributed by atoms with Gasteiger partial charge in [0.05, 0.1) is 4.88 Å². The Kier molecular flexibility index (Phi) is 2.34. The van der Waals surface area contributed by atoms with Crippen LogP contribution in [0.25, 0.3) is 20.1 Å². The third-order valence-corrected chi connectivity index (χ3v) is 4.72. The van der Waals surface area contributed by atoms with E-state index in [-0.39, 0.29) is 5.54 Å². The highest BCUT2D eigenvalue weighted by atomic mass is 32.1. The van der Waals surface area contributed by atoms with Crippen molar-refractivity contribution in [3.05, 3.63) is 23.8 Å². The molecule has 0 N–H and O–H groups in total. The molecule has 0 radical (unpaired) electrons. The lowest BCUT2D eigenvalue weighted by atomic mass is 10.1. The summed E-state index contributed by atoms with van der Waals surface area (Å²) in [5, 5.41) is 10.4. The summed E-state index contributed by atoms with van der Waals surface area (Å²) in [5.74, 6) is 0.964. The fraction of sp³-hybridized carbons (Fsp3) is 0.333. The van der Waals surface area contributed by atoms with Gasteiger partial charge in [-0.15, -0.1) is 32.9 Å². The van der Waals surface area contributed by atoms with Crippen LogP contribution >= 0.6 is 22.7 Å². The van der Waals surface area contributed by atoms with Gasteiger partial charge < -0.3 is 4.57 Å². The predicted octanol–water partition coefficient (Wildman–Crippen LogP) is 3.98. The minimum atomic E-state index is 0.0102. The van der Waals surface area contributed by atoms with Crippen molar-refractivity contribution in [3.8, 4) is 10.7 Å². The molecule has 5 heteroatoms. The van der Waals surface area contributed by atoms with Crippen molar-refractivity contribution in [2.45, 2.75) is 26.3 Å². The lowest BCUT2D eigenvalue weighted by molar-refractivity contribution is 0.400. The Morgan fingerprint density at radius 2 is 2.06 bits per heavy atom. The van der Waals surface area contributed by atoms with Gasteiger partial charge in [-0.3, -0.25) is 0 Å². The zero-order valence-corrected chi connectivity index (χ0v) is 11.6. The van der Waals surface area contributed by atoms with Gasteiger partial charge in [0.25, 0.3) is 0 Å². The Hall–Kier alpha value is -1.20. The lowest BCUT2D eigenvalue weighted by Gasteiger charge is -2.21. The first-order valence-electron chi connectivity index (χ1n) is 5.43. The van der Waals surface area contributed by atoms with Crippen molar-refractivity contribution < 1.29 is 0 Å². The van der Waals surface area contributed by atoms with Crippen molar-refractivity contribution >= 4 is 32.1 Å². The van der Waals surface area contributed by atoms with Crippen LogP contribution in [0.5, 0.6) is 0 Å². The van der Waals surface area contributed by atoms with E-state index >= 15 is 0 Å². The smallest absolute Gasteiger partial charge is 0.174 e. The van der Waals surface area contributed by atoms with E-state index in [4.69, 9.17) is 0 Å². The van der Waals surface area contributed by atoms with E-state index < -0.39 is 0 Å². The zero-order valence-electron chi connectivity index (χ0n) is 9.97. The minimum absolute atomic E-state index is 0.0102. The van der Waals surface area contributed by atoms with Crippen LogP contribution in [0.1, 0.15) is 20.8 Å². The third-order valence-electron chi connectivity index (χ3n) is 2.63. The number of thiophene rings is 2. The van der Waals surface area contributed by atoms with Crippen molar-refractivity contribution in [3.63, 3.8) is 0 Å². The lowest BCUT2D eigenvalue weighted by Crippen LogP contribution is -2.21. The van der Waals surface area contributed by atoms with Gasteiger partial charge in [-0.25, -0.2) is 0 Å². The largest absolute Gasteiger partial charge is 0.308 e. The summed E-state index contributed by atoms with van der Waals surface area (Å²) in [6.07, 6.45) is 1.81. The van der Waals surface area contributed by atoms with Gasteiger partial charge in [0.1, 0.15) is 6.33 Å². The van der Waals surface area contributed by atoms with Crippen molar-refractivity contribution in [1.29, 1.82) is 0 Å². The number of aromatic nitrogens is 3. The molecule has 3 nitrogen and oxygen atoms in total. The average Bonchev–Trinajstić information content (AvgIpc) is 2.89. The summed E-state index contributed by atoms with van der Waals surface area (Å²) in [6, 6.07) is 4.36. The molecule has 0 saturated carbocycles. The van der Waals surface area contributed by atoms with Gasteiger partial charge >= 0.3 is 0 Å². The molecule has 0 aromatic carbocycles. The molecule has 0 amide bonds. The highest BCUT2D eigenvalue weighted by molar-refractivity contribution is 7.28. The summed E-state index contributed by atoms with van der Waals surface area (Å²) in [5.41, 5.74) is 0.0102. The van der Waals surface area contributed by atoms with Crippen molar-refractivity contribution in [2.75, 3.05) is 0 Å². The summed E-state index contributed by atoms with van der Waals surface area (Å²) < 4.78 is 4.78. The first-order valence-corrected chi connectivity index (χ1v) is 7.13. The van der Waals surface area contributed by atoms with Crippen molar-refractivity contribution in [1.82, 2.24) is 14.8 Å². The van der Waals surface area contributed by atoms with E-state index in [9.17, 15) is 0 Å². The van der Waals surface area contributed by atoms with E-state index in [0.717, 1.165) is 5.82 Å². The Bertz CT molecular complexity index is 626. The van der Waals surface area contributed by atoms with E-state index in [2.05, 4.69) is 53.0 Å². The van der Waals surface area contributed by atoms with Crippen LogP contribution < -0.4 is 0 Å². The molecule has 0 aliphatic carbocycles. The second-order valence-corrected chi connectivity index (χ2v) is 6.99. The molecular formula is C12H13N3S2. The highest BCUT2D eigenvalue weighted by Crippen LogP contribution is 2.36. The van der Waals surface area contributed by atoms with Crippen LogP contribution in [-0.4, -0.2) is 14.8 Å². The maximum atomic E-state index is 4.26. The summed E-state index contributed by atoms with van der Waals surface area (Å²) in [7, 11) is 0. The molecule has 3 rings (SSSR count). The van der Waals surface area contributed by atoms with Crippen LogP contribution in [0.2, 0.25) is 0 Å². The Morgan fingerprint density at radius 1 is 1.24 bits per heavy atom. The second kappa shape index (κ2) is 3.65. The molecule has 3 aromatic heterocycles. The molecule has 0 saturated heterocycles. The Balaban J connectivity index is 2.16. The number of hydrogen-bond donors (Lipinski definition) is 0. The fourth-order valence-corrected chi connectivity index (χ4v) is 3.86. The molecule has 0 bridgehead atoms. The van der Waals surface area contributed by atoms with E-state index in [1.54, 1.807) is 22.7 Å². The number of nitrogens with zero attached hydrogens (tertiary/aromatic N) is 3. The van der Waals surface area contributed by atoms with Crippen LogP contribution in [0.3, 0.4) is 0 Å². The van der Waals surface area contributed by atoms with Gasteiger partial charge in [0.15, 0.2) is 5.82 Å². The fourth-order valence-electron chi connectivity index (χ4n) is 1.77. The third kappa shape index (κ3) is 1.79. The molecule has 0 spiro atoms. The standard InChI is InChI=1S/C12H13N3S2/c1-12(2,3)15-7-13-14-11(15)10-6-9-8(17-10)4-5-16-9/h4-7H,1-3H3. The molecule has 3 heterocycles. The van der Waals surface area contributed by atoms with E-state index in [1.165, 1.54) is 14.3 Å². The maximum absolute atomic E-state index is 4.26. The minimum Gasteiger partial charge on any atom is -0.308 e. The SMILES string of the molecule is CC(C)(C)n1cnnc1-c1cc2sccc2s1. The monoisotopic (exact) mass is 263 g/mol. The molecule has 88 valence electrons. The number of fused-ring (bicyclic) bond motifs is 1. The molecule has 3 aromatic rings. The normalized spacial score (nSPS) is 12.4. The van der Waals surface area contributed by atoms with Gasteiger partial charge in [-0.05, 0) is 38.3 Å². The topological polar surface area (TPSA) is 30.7 Å².